The highest BCUT2D eigenvalue weighted by Crippen LogP contribution is 2.44. The Morgan fingerprint density at radius 2 is 2.35 bits per heavy atom. The maximum atomic E-state index is 3.67. The van der Waals surface area contributed by atoms with Crippen molar-refractivity contribution in [2.45, 2.75) is 26.2 Å². The van der Waals surface area contributed by atoms with Crippen molar-refractivity contribution in [3.05, 3.63) is 42.5 Å². The Kier molecular flexibility index (Phi) is 4.36. The third-order valence-corrected chi connectivity index (χ3v) is 4.64. The second-order valence-electron chi connectivity index (χ2n) is 6.22. The molecule has 2 aliphatic carbocycles. The van der Waals surface area contributed by atoms with Crippen LogP contribution in [0.3, 0.4) is 0 Å². The predicted octanol–water partition coefficient (Wildman–Crippen LogP) is 3.26. The molecule has 1 saturated heterocycles. The van der Waals surface area contributed by atoms with Gasteiger partial charge in [0, 0.05) is 25.5 Å². The fourth-order valence-corrected chi connectivity index (χ4v) is 3.19. The van der Waals surface area contributed by atoms with E-state index in [4.69, 9.17) is 0 Å². The highest BCUT2D eigenvalue weighted by molar-refractivity contribution is 5.31. The zero-order valence-corrected chi connectivity index (χ0v) is 12.3. The van der Waals surface area contributed by atoms with E-state index < -0.39 is 0 Å². The summed E-state index contributed by atoms with van der Waals surface area (Å²) < 4.78 is 0. The van der Waals surface area contributed by atoms with Gasteiger partial charge in [0.25, 0.3) is 0 Å². The molecule has 0 aromatic carbocycles. The van der Waals surface area contributed by atoms with Gasteiger partial charge >= 0.3 is 0 Å². The molecule has 1 aliphatic heterocycles. The van der Waals surface area contributed by atoms with Crippen molar-refractivity contribution in [1.82, 2.24) is 14.9 Å². The SMILES string of the molecule is CC[C@@H]1CCN(CC2=CC3CC3C=C2)C1.c1c[nH]cn1. The maximum Gasteiger partial charge on any atom is 0.0919 e. The van der Waals surface area contributed by atoms with Gasteiger partial charge in [0.1, 0.15) is 0 Å². The van der Waals surface area contributed by atoms with Crippen LogP contribution >= 0.6 is 0 Å². The van der Waals surface area contributed by atoms with E-state index in [-0.39, 0.29) is 0 Å². The number of aromatic amines is 1. The highest BCUT2D eigenvalue weighted by atomic mass is 15.1. The summed E-state index contributed by atoms with van der Waals surface area (Å²) in [5, 5.41) is 0. The molecule has 0 radical (unpaired) electrons. The van der Waals surface area contributed by atoms with Gasteiger partial charge in [-0.1, -0.05) is 31.6 Å². The normalized spacial score (nSPS) is 31.2. The van der Waals surface area contributed by atoms with Crippen molar-refractivity contribution in [1.29, 1.82) is 0 Å². The molecule has 108 valence electrons. The number of fused-ring (bicyclic) bond motifs is 1. The van der Waals surface area contributed by atoms with Crippen LogP contribution in [-0.4, -0.2) is 34.5 Å². The first-order valence-corrected chi connectivity index (χ1v) is 7.89. The summed E-state index contributed by atoms with van der Waals surface area (Å²) in [6.07, 6.45) is 16.6. The van der Waals surface area contributed by atoms with Crippen LogP contribution in [0.15, 0.2) is 42.5 Å². The van der Waals surface area contributed by atoms with Gasteiger partial charge < -0.3 is 4.98 Å². The number of rotatable bonds is 3. The molecule has 3 heteroatoms. The van der Waals surface area contributed by atoms with Gasteiger partial charge in [-0.05, 0) is 42.7 Å². The van der Waals surface area contributed by atoms with E-state index in [2.05, 4.69) is 40.0 Å². The molecule has 2 unspecified atom stereocenters. The number of hydrogen-bond acceptors (Lipinski definition) is 2. The monoisotopic (exact) mass is 271 g/mol. The number of imidazole rings is 1. The molecule has 1 N–H and O–H groups in total. The van der Waals surface area contributed by atoms with Crippen LogP contribution in [0.2, 0.25) is 0 Å². The number of nitrogens with zero attached hydrogens (tertiary/aromatic N) is 2. The second-order valence-corrected chi connectivity index (χ2v) is 6.22. The number of H-pyrrole nitrogens is 1. The molecule has 3 aliphatic rings. The average molecular weight is 271 g/mol. The van der Waals surface area contributed by atoms with Crippen molar-refractivity contribution < 1.29 is 0 Å². The zero-order valence-electron chi connectivity index (χ0n) is 12.3. The summed E-state index contributed by atoms with van der Waals surface area (Å²) in [6, 6.07) is 0. The standard InChI is InChI=1S/C14H21N.C3H4N2/c1-2-11-5-6-15(9-11)10-12-3-4-13-8-14(13)7-12;1-2-5-3-4-1/h3-4,7,11,13-14H,2,5-6,8-10H2,1H3;1-3H,(H,4,5)/t11-,13?,14?;/m1./s1. The zero-order chi connectivity index (χ0) is 13.8. The Morgan fingerprint density at radius 1 is 1.40 bits per heavy atom. The molecule has 0 spiro atoms. The summed E-state index contributed by atoms with van der Waals surface area (Å²) >= 11 is 0. The van der Waals surface area contributed by atoms with Crippen LogP contribution in [0, 0.1) is 17.8 Å². The second kappa shape index (κ2) is 6.40. The first-order chi connectivity index (χ1) is 9.85. The summed E-state index contributed by atoms with van der Waals surface area (Å²) in [7, 11) is 0. The van der Waals surface area contributed by atoms with Crippen LogP contribution < -0.4 is 0 Å². The Morgan fingerprint density at radius 3 is 2.95 bits per heavy atom. The number of likely N-dealkylation sites (tertiary alicyclic amines) is 1. The lowest BCUT2D eigenvalue weighted by atomic mass is 10.1. The van der Waals surface area contributed by atoms with Crippen molar-refractivity contribution in [3.63, 3.8) is 0 Å². The minimum absolute atomic E-state index is 0.912. The molecule has 20 heavy (non-hydrogen) atoms. The Hall–Kier alpha value is -1.35. The van der Waals surface area contributed by atoms with Crippen LogP contribution in [0.25, 0.3) is 0 Å². The molecule has 3 nitrogen and oxygen atoms in total. The van der Waals surface area contributed by atoms with E-state index in [9.17, 15) is 0 Å². The molecule has 1 saturated carbocycles. The fraction of sp³-hybridized carbons (Fsp3) is 0.588. The third-order valence-electron chi connectivity index (χ3n) is 4.64. The molecular formula is C17H25N3. The Bertz CT molecular complexity index is 443. The van der Waals surface area contributed by atoms with Crippen molar-refractivity contribution in [2.24, 2.45) is 17.8 Å². The van der Waals surface area contributed by atoms with Gasteiger partial charge in [0.05, 0.1) is 6.33 Å². The van der Waals surface area contributed by atoms with E-state index in [1.165, 1.54) is 38.9 Å². The lowest BCUT2D eigenvalue weighted by molar-refractivity contribution is 0.351. The highest BCUT2D eigenvalue weighted by Gasteiger charge is 2.35. The molecule has 2 heterocycles. The summed E-state index contributed by atoms with van der Waals surface area (Å²) in [5.41, 5.74) is 1.57. The molecule has 4 rings (SSSR count). The Balaban J connectivity index is 0.000000205. The summed E-state index contributed by atoms with van der Waals surface area (Å²) in [6.45, 7) is 6.17. The van der Waals surface area contributed by atoms with Gasteiger partial charge in [-0.2, -0.15) is 0 Å². The smallest absolute Gasteiger partial charge is 0.0919 e. The number of aromatic nitrogens is 2. The molecule has 0 amide bonds. The first kappa shape index (κ1) is 13.6. The molecule has 2 fully saturated rings. The van der Waals surface area contributed by atoms with Crippen LogP contribution in [0.1, 0.15) is 26.2 Å². The van der Waals surface area contributed by atoms with Crippen molar-refractivity contribution in [2.75, 3.05) is 19.6 Å². The van der Waals surface area contributed by atoms with Crippen LogP contribution in [0.4, 0.5) is 0 Å². The predicted molar refractivity (Wildman–Crippen MR) is 82.2 cm³/mol. The largest absolute Gasteiger partial charge is 0.351 e. The van der Waals surface area contributed by atoms with E-state index in [0.717, 1.165) is 17.8 Å². The summed E-state index contributed by atoms with van der Waals surface area (Å²) in [4.78, 5) is 9.05. The number of allylic oxidation sites excluding steroid dienone is 2. The van der Waals surface area contributed by atoms with Gasteiger partial charge in [-0.3, -0.25) is 4.90 Å². The molecule has 3 atom stereocenters. The lowest BCUT2D eigenvalue weighted by Gasteiger charge is -2.17. The minimum atomic E-state index is 0.912. The number of nitrogens with one attached hydrogen (secondary N) is 1. The van der Waals surface area contributed by atoms with E-state index in [1.54, 1.807) is 24.3 Å². The van der Waals surface area contributed by atoms with E-state index in [1.807, 2.05) is 0 Å². The minimum Gasteiger partial charge on any atom is -0.351 e. The molecule has 1 aromatic rings. The fourth-order valence-electron chi connectivity index (χ4n) is 3.19. The van der Waals surface area contributed by atoms with Crippen LogP contribution in [0.5, 0.6) is 0 Å². The van der Waals surface area contributed by atoms with Gasteiger partial charge in [0.15, 0.2) is 0 Å². The average Bonchev–Trinajstić information content (AvgIpc) is 2.88. The molecule has 1 aromatic heterocycles. The topological polar surface area (TPSA) is 31.9 Å². The quantitative estimate of drug-likeness (QED) is 0.915. The van der Waals surface area contributed by atoms with Crippen LogP contribution in [-0.2, 0) is 0 Å². The van der Waals surface area contributed by atoms with Gasteiger partial charge in [-0.15, -0.1) is 0 Å². The lowest BCUT2D eigenvalue weighted by Crippen LogP contribution is -2.23. The van der Waals surface area contributed by atoms with Crippen molar-refractivity contribution >= 4 is 0 Å². The van der Waals surface area contributed by atoms with E-state index in [0.29, 0.717) is 0 Å². The van der Waals surface area contributed by atoms with Crippen molar-refractivity contribution in [3.8, 4) is 0 Å². The molecule has 0 bridgehead atoms. The first-order valence-electron chi connectivity index (χ1n) is 7.89. The third kappa shape index (κ3) is 3.60. The van der Waals surface area contributed by atoms with Gasteiger partial charge in [0.2, 0.25) is 0 Å². The van der Waals surface area contributed by atoms with E-state index >= 15 is 0 Å². The number of hydrogen-bond donors (Lipinski definition) is 1. The Labute approximate surface area is 121 Å². The maximum absolute atomic E-state index is 3.67. The van der Waals surface area contributed by atoms with Gasteiger partial charge in [-0.25, -0.2) is 4.98 Å². The summed E-state index contributed by atoms with van der Waals surface area (Å²) in [5.74, 6) is 2.79. The molecular weight excluding hydrogens is 246 g/mol.